The molecular weight excluding hydrogens is 364 g/mol. The highest BCUT2D eigenvalue weighted by Gasteiger charge is 2.44. The van der Waals surface area contributed by atoms with Crippen LogP contribution in [-0.2, 0) is 11.2 Å². The molecule has 5 atom stereocenters. The molecule has 8 nitrogen and oxygen atoms in total. The summed E-state index contributed by atoms with van der Waals surface area (Å²) in [5.41, 5.74) is 1.98. The predicted molar refractivity (Wildman–Crippen MR) is 104 cm³/mol. The Morgan fingerprint density at radius 1 is 1.14 bits per heavy atom. The lowest BCUT2D eigenvalue weighted by Crippen LogP contribution is -2.60. The summed E-state index contributed by atoms with van der Waals surface area (Å²) in [7, 11) is 2.09. The largest absolute Gasteiger partial charge is 0.461 e. The number of aromatic amines is 1. The van der Waals surface area contributed by atoms with E-state index >= 15 is 0 Å². The summed E-state index contributed by atoms with van der Waals surface area (Å²) in [5, 5.41) is 40.4. The summed E-state index contributed by atoms with van der Waals surface area (Å²) in [6.45, 7) is 3.58. The summed E-state index contributed by atoms with van der Waals surface area (Å²) in [5.74, 6) is 0.510. The summed E-state index contributed by atoms with van der Waals surface area (Å²) in [4.78, 5) is 5.50. The fraction of sp³-hybridized carbons (Fsp3) is 0.600. The van der Waals surface area contributed by atoms with E-state index in [0.717, 1.165) is 42.4 Å². The van der Waals surface area contributed by atoms with Crippen LogP contribution in [0.5, 0.6) is 5.75 Å². The highest BCUT2D eigenvalue weighted by atomic mass is 16.7. The molecular formula is C20H30N2O6. The van der Waals surface area contributed by atoms with E-state index in [-0.39, 0.29) is 0 Å². The van der Waals surface area contributed by atoms with Gasteiger partial charge in [0.25, 0.3) is 0 Å². The smallest absolute Gasteiger partial charge is 0.229 e. The first-order valence-electron chi connectivity index (χ1n) is 9.71. The molecule has 5 unspecified atom stereocenters. The highest BCUT2D eigenvalue weighted by molar-refractivity contribution is 5.89. The lowest BCUT2D eigenvalue weighted by Gasteiger charge is -2.39. The van der Waals surface area contributed by atoms with Crippen molar-refractivity contribution in [1.29, 1.82) is 0 Å². The molecule has 8 heteroatoms. The number of hydrogen-bond acceptors (Lipinski definition) is 7. The number of ether oxygens (including phenoxy) is 2. The van der Waals surface area contributed by atoms with E-state index in [9.17, 15) is 20.4 Å². The van der Waals surface area contributed by atoms with Gasteiger partial charge in [0, 0.05) is 23.6 Å². The molecule has 156 valence electrons. The van der Waals surface area contributed by atoms with E-state index in [1.54, 1.807) is 6.07 Å². The van der Waals surface area contributed by atoms with Gasteiger partial charge in [-0.25, -0.2) is 0 Å². The zero-order valence-corrected chi connectivity index (χ0v) is 16.3. The molecule has 1 aromatic carbocycles. The molecule has 1 aromatic heterocycles. The summed E-state index contributed by atoms with van der Waals surface area (Å²) >= 11 is 0. The van der Waals surface area contributed by atoms with Crippen molar-refractivity contribution in [2.75, 3.05) is 26.7 Å². The molecule has 0 radical (unpaired) electrons. The van der Waals surface area contributed by atoms with Crippen LogP contribution in [0.1, 0.15) is 18.9 Å². The number of nitrogens with one attached hydrogen (secondary N) is 1. The van der Waals surface area contributed by atoms with Gasteiger partial charge in [0.15, 0.2) is 0 Å². The minimum absolute atomic E-state index is 0.492. The standard InChI is InChI=1S/C20H30N2O6/c1-3-8-22(2)9-7-12-10-21-13-5-4-6-14(16(12)13)27-20-19(26)18(25)17(24)15(11-23)28-20/h4-6,10,15,17-21,23-26H,3,7-9,11H2,1-2H3. The minimum atomic E-state index is -1.47. The van der Waals surface area contributed by atoms with E-state index in [2.05, 4.69) is 23.9 Å². The third kappa shape index (κ3) is 4.32. The number of nitrogens with zero attached hydrogens (tertiary/aromatic N) is 1. The maximum atomic E-state index is 10.3. The van der Waals surface area contributed by atoms with Gasteiger partial charge in [0.2, 0.25) is 6.29 Å². The molecule has 1 fully saturated rings. The Kier molecular flexibility index (Phi) is 6.92. The third-order valence-electron chi connectivity index (χ3n) is 5.21. The number of likely N-dealkylation sites (N-methyl/N-ethyl adjacent to an activating group) is 1. The highest BCUT2D eigenvalue weighted by Crippen LogP contribution is 2.32. The summed E-state index contributed by atoms with van der Waals surface area (Å²) in [6.07, 6.45) is -2.66. The molecule has 5 N–H and O–H groups in total. The Balaban J connectivity index is 1.81. The number of aromatic nitrogens is 1. The average Bonchev–Trinajstić information content (AvgIpc) is 3.11. The first kappa shape index (κ1) is 21.0. The number of aliphatic hydroxyl groups is 4. The Labute approximate surface area is 164 Å². The molecule has 3 rings (SSSR count). The van der Waals surface area contributed by atoms with Crippen LogP contribution >= 0.6 is 0 Å². The first-order chi connectivity index (χ1) is 13.5. The van der Waals surface area contributed by atoms with Crippen molar-refractivity contribution in [3.8, 4) is 5.75 Å². The van der Waals surface area contributed by atoms with Crippen molar-refractivity contribution in [1.82, 2.24) is 9.88 Å². The van der Waals surface area contributed by atoms with Crippen LogP contribution in [0.3, 0.4) is 0 Å². The zero-order valence-electron chi connectivity index (χ0n) is 16.3. The molecule has 1 aliphatic rings. The molecule has 2 heterocycles. The van der Waals surface area contributed by atoms with Crippen LogP contribution in [0.4, 0.5) is 0 Å². The van der Waals surface area contributed by atoms with Gasteiger partial charge in [0.1, 0.15) is 30.2 Å². The summed E-state index contributed by atoms with van der Waals surface area (Å²) < 4.78 is 11.4. The van der Waals surface area contributed by atoms with Gasteiger partial charge in [-0.05, 0) is 44.1 Å². The molecule has 28 heavy (non-hydrogen) atoms. The van der Waals surface area contributed by atoms with E-state index in [0.29, 0.717) is 5.75 Å². The topological polar surface area (TPSA) is 118 Å². The normalized spacial score (nSPS) is 28.2. The third-order valence-corrected chi connectivity index (χ3v) is 5.21. The molecule has 0 saturated carbocycles. The average molecular weight is 394 g/mol. The second-order valence-electron chi connectivity index (χ2n) is 7.36. The van der Waals surface area contributed by atoms with Crippen molar-refractivity contribution >= 4 is 10.9 Å². The zero-order chi connectivity index (χ0) is 20.3. The van der Waals surface area contributed by atoms with Gasteiger partial charge in [-0.1, -0.05) is 13.0 Å². The van der Waals surface area contributed by atoms with Gasteiger partial charge in [-0.15, -0.1) is 0 Å². The van der Waals surface area contributed by atoms with Gasteiger partial charge in [-0.3, -0.25) is 0 Å². The maximum absolute atomic E-state index is 10.3. The Bertz CT molecular complexity index is 764. The molecule has 1 aliphatic heterocycles. The summed E-state index contributed by atoms with van der Waals surface area (Å²) in [6, 6.07) is 5.54. The number of aliphatic hydroxyl groups excluding tert-OH is 4. The molecule has 0 spiro atoms. The van der Waals surface area contributed by atoms with Gasteiger partial charge in [-0.2, -0.15) is 0 Å². The Morgan fingerprint density at radius 3 is 2.64 bits per heavy atom. The van der Waals surface area contributed by atoms with Crippen LogP contribution in [0.2, 0.25) is 0 Å². The van der Waals surface area contributed by atoms with Gasteiger partial charge in [0.05, 0.1) is 6.61 Å². The van der Waals surface area contributed by atoms with Gasteiger partial charge >= 0.3 is 0 Å². The van der Waals surface area contributed by atoms with Gasteiger partial charge < -0.3 is 39.8 Å². The second-order valence-corrected chi connectivity index (χ2v) is 7.36. The quantitative estimate of drug-likeness (QED) is 0.435. The van der Waals surface area contributed by atoms with E-state index in [1.807, 2.05) is 18.3 Å². The van der Waals surface area contributed by atoms with Crippen LogP contribution < -0.4 is 4.74 Å². The van der Waals surface area contributed by atoms with Crippen molar-refractivity contribution < 1.29 is 29.9 Å². The van der Waals surface area contributed by atoms with Crippen LogP contribution in [0.25, 0.3) is 10.9 Å². The van der Waals surface area contributed by atoms with Crippen LogP contribution in [0, 0.1) is 0 Å². The lowest BCUT2D eigenvalue weighted by molar-refractivity contribution is -0.277. The first-order valence-corrected chi connectivity index (χ1v) is 9.71. The van der Waals surface area contributed by atoms with E-state index in [1.165, 1.54) is 0 Å². The number of rotatable bonds is 8. The molecule has 2 aromatic rings. The fourth-order valence-electron chi connectivity index (χ4n) is 3.61. The maximum Gasteiger partial charge on any atom is 0.229 e. The van der Waals surface area contributed by atoms with Crippen molar-refractivity contribution in [3.05, 3.63) is 30.0 Å². The molecule has 0 aliphatic carbocycles. The van der Waals surface area contributed by atoms with Crippen molar-refractivity contribution in [3.63, 3.8) is 0 Å². The monoisotopic (exact) mass is 394 g/mol. The number of hydrogen-bond donors (Lipinski definition) is 5. The SMILES string of the molecule is CCCN(C)CCc1c[nH]c2cccc(OC3OC(CO)C(O)C(O)C3O)c12. The second kappa shape index (κ2) is 9.21. The number of H-pyrrole nitrogens is 1. The molecule has 0 bridgehead atoms. The van der Waals surface area contributed by atoms with Crippen LogP contribution in [0.15, 0.2) is 24.4 Å². The Hall–Kier alpha value is -1.68. The molecule has 1 saturated heterocycles. The lowest BCUT2D eigenvalue weighted by atomic mass is 9.99. The minimum Gasteiger partial charge on any atom is -0.461 e. The predicted octanol–water partition coefficient (Wildman–Crippen LogP) is 0.231. The van der Waals surface area contributed by atoms with Crippen molar-refractivity contribution in [2.45, 2.75) is 50.5 Å². The number of benzene rings is 1. The van der Waals surface area contributed by atoms with Crippen LogP contribution in [-0.4, -0.2) is 87.8 Å². The fourth-order valence-corrected chi connectivity index (χ4v) is 3.61. The number of fused-ring (bicyclic) bond motifs is 1. The van der Waals surface area contributed by atoms with E-state index < -0.39 is 37.3 Å². The Morgan fingerprint density at radius 2 is 1.93 bits per heavy atom. The molecule has 0 amide bonds. The van der Waals surface area contributed by atoms with Crippen molar-refractivity contribution in [2.24, 2.45) is 0 Å². The van der Waals surface area contributed by atoms with E-state index in [4.69, 9.17) is 9.47 Å².